The van der Waals surface area contributed by atoms with Crippen LogP contribution in [0, 0.1) is 0 Å². The molecule has 242 valence electrons. The Balaban J connectivity index is 0.000000208. The third-order valence-electron chi connectivity index (χ3n) is 9.82. The number of aryl methyl sites for hydroxylation is 1. The Kier molecular flexibility index (Phi) is 9.04. The quantitative estimate of drug-likeness (QED) is 0.332. The lowest BCUT2D eigenvalue weighted by molar-refractivity contribution is -0.494. The molecule has 11 heteroatoms. The van der Waals surface area contributed by atoms with Gasteiger partial charge < -0.3 is 19.3 Å². The van der Waals surface area contributed by atoms with Gasteiger partial charge in [0, 0.05) is 57.1 Å². The number of hydrogen-bond donors (Lipinski definition) is 1. The molecule has 1 saturated heterocycles. The molecule has 7 rings (SSSR count). The van der Waals surface area contributed by atoms with E-state index in [1.54, 1.807) is 14.3 Å². The third-order valence-corrected chi connectivity index (χ3v) is 9.82. The molecule has 1 fully saturated rings. The number of hydrazone groups is 1. The van der Waals surface area contributed by atoms with Gasteiger partial charge in [-0.25, -0.2) is 0 Å². The van der Waals surface area contributed by atoms with Crippen LogP contribution in [0.15, 0.2) is 60.0 Å². The summed E-state index contributed by atoms with van der Waals surface area (Å²) in [5.74, 6) is 0.131. The van der Waals surface area contributed by atoms with Crippen LogP contribution < -0.4 is 0 Å². The summed E-state index contributed by atoms with van der Waals surface area (Å²) in [6, 6.07) is 14.6. The predicted molar refractivity (Wildman–Crippen MR) is 180 cm³/mol. The van der Waals surface area contributed by atoms with Crippen molar-refractivity contribution in [2.24, 2.45) is 12.1 Å². The zero-order valence-corrected chi connectivity index (χ0v) is 27.9. The van der Waals surface area contributed by atoms with E-state index >= 15 is 0 Å². The molecule has 4 aliphatic rings. The number of hydrogen-bond acceptors (Lipinski definition) is 7. The summed E-state index contributed by atoms with van der Waals surface area (Å²) < 4.78 is 15.4. The lowest BCUT2D eigenvalue weighted by Crippen LogP contribution is -2.46. The molecule has 2 atom stereocenters. The molecule has 4 aliphatic heterocycles. The van der Waals surface area contributed by atoms with Crippen molar-refractivity contribution in [3.8, 4) is 11.1 Å². The zero-order valence-electron chi connectivity index (χ0n) is 27.9. The molecule has 5 heterocycles. The lowest BCUT2D eigenvalue weighted by Gasteiger charge is -2.34. The van der Waals surface area contributed by atoms with E-state index in [0.29, 0.717) is 19.6 Å². The fourth-order valence-electron chi connectivity index (χ4n) is 6.46. The molecule has 46 heavy (non-hydrogen) atoms. The van der Waals surface area contributed by atoms with E-state index in [1.165, 1.54) is 11.1 Å². The average molecular weight is 626 g/mol. The normalized spacial score (nSPS) is 22.2. The number of fused-ring (bicyclic) bond motifs is 2. The Bertz CT molecular complexity index is 1630. The van der Waals surface area contributed by atoms with Gasteiger partial charge in [0.05, 0.1) is 29.7 Å². The van der Waals surface area contributed by atoms with Crippen LogP contribution in [0.1, 0.15) is 54.7 Å². The highest BCUT2D eigenvalue weighted by Gasteiger charge is 2.54. The first kappa shape index (κ1) is 32.3. The number of rotatable bonds is 6. The number of aromatic nitrogens is 2. The number of carbonyl (C=O) groups excluding carboxylic acids is 1. The Morgan fingerprint density at radius 2 is 1.72 bits per heavy atom. The Morgan fingerprint density at radius 3 is 2.39 bits per heavy atom. The molecule has 1 amide bonds. The van der Waals surface area contributed by atoms with Crippen molar-refractivity contribution in [3.05, 3.63) is 77.1 Å². The fourth-order valence-corrected chi connectivity index (χ4v) is 6.46. The number of amides is 1. The van der Waals surface area contributed by atoms with Gasteiger partial charge in [0.1, 0.15) is 5.82 Å². The summed E-state index contributed by atoms with van der Waals surface area (Å²) in [5, 5.41) is 19.1. The molecular formula is C35H46BN6O4+. The highest BCUT2D eigenvalue weighted by Crippen LogP contribution is 2.39. The number of aliphatic hydroxyl groups is 1. The highest BCUT2D eigenvalue weighted by molar-refractivity contribution is 6.56. The fraction of sp³-hybridized carbons (Fsp3) is 0.486. The molecule has 0 bridgehead atoms. The summed E-state index contributed by atoms with van der Waals surface area (Å²) >= 11 is 0. The van der Waals surface area contributed by atoms with Crippen LogP contribution in [0.5, 0.6) is 0 Å². The van der Waals surface area contributed by atoms with Crippen molar-refractivity contribution in [2.75, 3.05) is 33.2 Å². The van der Waals surface area contributed by atoms with Crippen molar-refractivity contribution in [2.45, 2.75) is 70.2 Å². The van der Waals surface area contributed by atoms with E-state index in [1.807, 2.05) is 45.0 Å². The molecule has 3 aromatic rings. The molecule has 1 unspecified atom stereocenters. The summed E-state index contributed by atoms with van der Waals surface area (Å²) in [4.78, 5) is 17.3. The lowest BCUT2D eigenvalue weighted by atomic mass is 9.73. The standard InChI is InChI=1S/C25H28N4O2.C10H18BN2O2/c1-27-14-22(13-26-27)20-7-6-19-9-11-29(25(31)24(19)12-20)17-23(30)16-28-10-8-18-4-2-3-5-21(18)15-28;1-9(2)10(3,4)15-11(14-9)8-6-12-13(5)7-8/h2-7,12-14,23,30H,8-11,15-17H2,1H3;6-8H,1-5H3/q;+1/t23-;/m0./s1. The van der Waals surface area contributed by atoms with E-state index in [-0.39, 0.29) is 30.0 Å². The van der Waals surface area contributed by atoms with Crippen LogP contribution in [0.4, 0.5) is 0 Å². The summed E-state index contributed by atoms with van der Waals surface area (Å²) in [6.07, 6.45) is 8.90. The minimum Gasteiger partial charge on any atom is -0.402 e. The molecule has 0 spiro atoms. The van der Waals surface area contributed by atoms with Gasteiger partial charge in [0.2, 0.25) is 0 Å². The van der Waals surface area contributed by atoms with E-state index in [2.05, 4.69) is 79.2 Å². The van der Waals surface area contributed by atoms with Crippen LogP contribution in [0.3, 0.4) is 0 Å². The number of carbonyl (C=O) groups is 1. The second kappa shape index (κ2) is 12.9. The maximum atomic E-state index is 13.2. The van der Waals surface area contributed by atoms with Crippen LogP contribution in [-0.4, -0.2) is 105 Å². The van der Waals surface area contributed by atoms with Gasteiger partial charge in [0.25, 0.3) is 5.91 Å². The van der Waals surface area contributed by atoms with E-state index < -0.39 is 6.10 Å². The Morgan fingerprint density at radius 1 is 1.00 bits per heavy atom. The first-order valence-corrected chi connectivity index (χ1v) is 16.2. The van der Waals surface area contributed by atoms with E-state index in [9.17, 15) is 9.90 Å². The predicted octanol–water partition coefficient (Wildman–Crippen LogP) is 3.67. The van der Waals surface area contributed by atoms with Gasteiger partial charge in [-0.1, -0.05) is 41.1 Å². The monoisotopic (exact) mass is 625 g/mol. The summed E-state index contributed by atoms with van der Waals surface area (Å²) in [7, 11) is 3.57. The van der Waals surface area contributed by atoms with Crippen molar-refractivity contribution < 1.29 is 23.9 Å². The maximum Gasteiger partial charge on any atom is 0.477 e. The van der Waals surface area contributed by atoms with Crippen LogP contribution in [0.25, 0.3) is 11.1 Å². The molecule has 1 aromatic heterocycles. The van der Waals surface area contributed by atoms with E-state index in [0.717, 1.165) is 48.2 Å². The molecular weight excluding hydrogens is 579 g/mol. The van der Waals surface area contributed by atoms with Crippen molar-refractivity contribution in [3.63, 3.8) is 0 Å². The zero-order chi connectivity index (χ0) is 32.6. The van der Waals surface area contributed by atoms with Crippen molar-refractivity contribution >= 4 is 25.5 Å². The van der Waals surface area contributed by atoms with Crippen molar-refractivity contribution in [1.82, 2.24) is 19.6 Å². The minimum absolute atomic E-state index is 0.00929. The second-order valence-corrected chi connectivity index (χ2v) is 13.9. The molecule has 0 aliphatic carbocycles. The molecule has 1 N–H and O–H groups in total. The van der Waals surface area contributed by atoms with Crippen LogP contribution >= 0.6 is 0 Å². The average Bonchev–Trinajstić information content (AvgIpc) is 3.71. The van der Waals surface area contributed by atoms with Gasteiger partial charge in [-0.05, 0) is 74.0 Å². The minimum atomic E-state index is -0.558. The summed E-state index contributed by atoms with van der Waals surface area (Å²) in [6.45, 7) is 11.6. The molecule has 10 nitrogen and oxygen atoms in total. The second-order valence-electron chi connectivity index (χ2n) is 13.9. The number of nitrogens with zero attached hydrogens (tertiary/aromatic N) is 6. The SMILES string of the molecule is C[N+]1=CC(B2OC(C)(C)C(C)(C)O2)C=N1.Cn1cc(-c2ccc3c(c2)C(=O)N(C[C@@H](O)CN2CCc4ccccc4C2)CC3)cn1. The first-order chi connectivity index (χ1) is 21.9. The first-order valence-electron chi connectivity index (χ1n) is 16.2. The van der Waals surface area contributed by atoms with E-state index in [4.69, 9.17) is 9.31 Å². The number of β-amino-alcohol motifs (C(OH)–C–C–N with tert-alkyl or cyclic N) is 1. The smallest absolute Gasteiger partial charge is 0.402 e. The van der Waals surface area contributed by atoms with Crippen molar-refractivity contribution in [1.29, 1.82) is 0 Å². The van der Waals surface area contributed by atoms with Gasteiger partial charge >= 0.3 is 7.12 Å². The Hall–Kier alpha value is -3.64. The highest BCUT2D eigenvalue weighted by atomic mass is 16.7. The Labute approximate surface area is 272 Å². The largest absolute Gasteiger partial charge is 0.477 e. The maximum absolute atomic E-state index is 13.2. The molecule has 2 aromatic carbocycles. The summed E-state index contributed by atoms with van der Waals surface area (Å²) in [5.41, 5.74) is 6.03. The molecule has 0 saturated carbocycles. The van der Waals surface area contributed by atoms with Crippen LogP contribution in [-0.2, 0) is 35.7 Å². The molecule has 0 radical (unpaired) electrons. The van der Waals surface area contributed by atoms with Gasteiger partial charge in [0.15, 0.2) is 13.3 Å². The number of aliphatic hydroxyl groups excluding tert-OH is 1. The topological polar surface area (TPSA) is 95.4 Å². The van der Waals surface area contributed by atoms with Crippen LogP contribution in [0.2, 0.25) is 5.82 Å². The van der Waals surface area contributed by atoms with Gasteiger partial charge in [-0.15, -0.1) is 0 Å². The third kappa shape index (κ3) is 6.88. The van der Waals surface area contributed by atoms with Gasteiger partial charge in [-0.3, -0.25) is 14.4 Å². The van der Waals surface area contributed by atoms with Gasteiger partial charge in [-0.2, -0.15) is 5.10 Å². The number of benzene rings is 2.